The quantitative estimate of drug-likeness (QED) is 0.873. The highest BCUT2D eigenvalue weighted by Gasteiger charge is 2.35. The van der Waals surface area contributed by atoms with Crippen molar-refractivity contribution in [1.29, 1.82) is 0 Å². The third-order valence-corrected chi connectivity index (χ3v) is 3.86. The lowest BCUT2D eigenvalue weighted by molar-refractivity contribution is -0.0595. The van der Waals surface area contributed by atoms with Crippen molar-refractivity contribution in [1.82, 2.24) is 9.55 Å². The summed E-state index contributed by atoms with van der Waals surface area (Å²) in [6.07, 6.45) is 9.41. The summed E-state index contributed by atoms with van der Waals surface area (Å²) in [6.45, 7) is 3.12. The topological polar surface area (TPSA) is 47.3 Å². The third-order valence-electron chi connectivity index (χ3n) is 3.86. The largest absolute Gasteiger partial charge is 0.389 e. The first kappa shape index (κ1) is 13.6. The first-order chi connectivity index (χ1) is 8.67. The number of aryl methyl sites for hydroxylation is 1. The Balaban J connectivity index is 2.04. The second-order valence-corrected chi connectivity index (χ2v) is 5.39. The molecule has 2 atom stereocenters. The summed E-state index contributed by atoms with van der Waals surface area (Å²) in [4.78, 5) is 4.39. The summed E-state index contributed by atoms with van der Waals surface area (Å²) >= 11 is 0. The molecule has 0 saturated heterocycles. The van der Waals surface area contributed by atoms with Crippen molar-refractivity contribution in [2.45, 2.75) is 63.7 Å². The summed E-state index contributed by atoms with van der Waals surface area (Å²) in [6, 6.07) is 0. The predicted molar refractivity (Wildman–Crippen MR) is 70.4 cm³/mol. The van der Waals surface area contributed by atoms with Gasteiger partial charge >= 0.3 is 0 Å². The van der Waals surface area contributed by atoms with Crippen LogP contribution in [0.1, 0.15) is 44.9 Å². The maximum absolute atomic E-state index is 10.7. The van der Waals surface area contributed by atoms with Crippen LogP contribution in [0.25, 0.3) is 0 Å². The molecule has 1 heterocycles. The van der Waals surface area contributed by atoms with E-state index in [0.717, 1.165) is 44.5 Å². The number of rotatable bonds is 5. The monoisotopic (exact) mass is 252 g/mol. The molecule has 1 N–H and O–H groups in total. The van der Waals surface area contributed by atoms with Crippen molar-refractivity contribution in [3.05, 3.63) is 18.2 Å². The predicted octanol–water partition coefficient (Wildman–Crippen LogP) is 2.16. The Morgan fingerprint density at radius 3 is 3.17 bits per heavy atom. The summed E-state index contributed by atoms with van der Waals surface area (Å²) < 4.78 is 7.54. The van der Waals surface area contributed by atoms with E-state index in [1.165, 1.54) is 0 Å². The number of imidazole rings is 1. The zero-order chi connectivity index (χ0) is 13.0. The van der Waals surface area contributed by atoms with Gasteiger partial charge in [-0.25, -0.2) is 4.98 Å². The van der Waals surface area contributed by atoms with Gasteiger partial charge in [-0.05, 0) is 25.7 Å². The fraction of sp³-hybridized carbons (Fsp3) is 0.786. The van der Waals surface area contributed by atoms with Crippen molar-refractivity contribution in [2.75, 3.05) is 7.11 Å². The number of methoxy groups -OCH3 is 1. The standard InChI is InChI=1S/C14H24N2O2/c1-3-8-16-9-7-15-13(16)11-14(17)6-4-5-12(10-14)18-2/h7,9,12,17H,3-6,8,10-11H2,1-2H3. The lowest BCUT2D eigenvalue weighted by Gasteiger charge is -2.36. The van der Waals surface area contributed by atoms with Crippen LogP contribution in [-0.4, -0.2) is 33.5 Å². The van der Waals surface area contributed by atoms with Crippen LogP contribution in [0.3, 0.4) is 0 Å². The summed E-state index contributed by atoms with van der Waals surface area (Å²) in [5, 5.41) is 10.7. The second kappa shape index (κ2) is 5.85. The first-order valence-corrected chi connectivity index (χ1v) is 6.92. The molecule has 0 aromatic carbocycles. The van der Waals surface area contributed by atoms with Gasteiger partial charge in [0.2, 0.25) is 0 Å². The van der Waals surface area contributed by atoms with Gasteiger partial charge < -0.3 is 14.4 Å². The van der Waals surface area contributed by atoms with E-state index in [-0.39, 0.29) is 6.10 Å². The van der Waals surface area contributed by atoms with Crippen LogP contribution >= 0.6 is 0 Å². The molecule has 0 spiro atoms. The molecule has 4 nitrogen and oxygen atoms in total. The molecule has 1 aliphatic carbocycles. The molecular formula is C14H24N2O2. The number of hydrogen-bond acceptors (Lipinski definition) is 3. The van der Waals surface area contributed by atoms with Crippen molar-refractivity contribution in [2.24, 2.45) is 0 Å². The minimum atomic E-state index is -0.643. The molecule has 1 aliphatic rings. The minimum absolute atomic E-state index is 0.193. The Kier molecular flexibility index (Phi) is 4.40. The number of hydrogen-bond donors (Lipinski definition) is 1. The summed E-state index contributed by atoms with van der Waals surface area (Å²) in [5.41, 5.74) is -0.643. The Morgan fingerprint density at radius 2 is 2.44 bits per heavy atom. The molecule has 2 unspecified atom stereocenters. The maximum Gasteiger partial charge on any atom is 0.111 e. The van der Waals surface area contributed by atoms with Crippen molar-refractivity contribution < 1.29 is 9.84 Å². The lowest BCUT2D eigenvalue weighted by Crippen LogP contribution is -2.40. The SMILES string of the molecule is CCCn1ccnc1CC1(O)CCCC(OC)C1. The molecule has 2 rings (SSSR count). The zero-order valence-corrected chi connectivity index (χ0v) is 11.4. The van der Waals surface area contributed by atoms with Crippen molar-refractivity contribution in [3.8, 4) is 0 Å². The third kappa shape index (κ3) is 3.12. The van der Waals surface area contributed by atoms with Gasteiger partial charge in [-0.3, -0.25) is 0 Å². The van der Waals surface area contributed by atoms with Crippen LogP contribution in [0.4, 0.5) is 0 Å². The van der Waals surface area contributed by atoms with Crippen LogP contribution in [0.2, 0.25) is 0 Å². The molecule has 1 aromatic rings. The van der Waals surface area contributed by atoms with Crippen LogP contribution in [0, 0.1) is 0 Å². The fourth-order valence-corrected chi connectivity index (χ4v) is 2.89. The van der Waals surface area contributed by atoms with Gasteiger partial charge in [0, 0.05) is 38.9 Å². The molecule has 1 aromatic heterocycles. The first-order valence-electron chi connectivity index (χ1n) is 6.92. The van der Waals surface area contributed by atoms with Crippen LogP contribution in [-0.2, 0) is 17.7 Å². The molecule has 102 valence electrons. The van der Waals surface area contributed by atoms with E-state index in [1.54, 1.807) is 7.11 Å². The van der Waals surface area contributed by atoms with Gasteiger partial charge in [0.1, 0.15) is 5.82 Å². The van der Waals surface area contributed by atoms with Crippen LogP contribution < -0.4 is 0 Å². The van der Waals surface area contributed by atoms with Crippen LogP contribution in [0.15, 0.2) is 12.4 Å². The zero-order valence-electron chi connectivity index (χ0n) is 11.4. The van der Waals surface area contributed by atoms with E-state index in [0.29, 0.717) is 6.42 Å². The molecule has 1 fully saturated rings. The molecule has 0 aliphatic heterocycles. The molecule has 1 saturated carbocycles. The minimum Gasteiger partial charge on any atom is -0.389 e. The van der Waals surface area contributed by atoms with E-state index in [9.17, 15) is 5.11 Å². The van der Waals surface area contributed by atoms with E-state index >= 15 is 0 Å². The Labute approximate surface area is 109 Å². The highest BCUT2D eigenvalue weighted by Crippen LogP contribution is 2.32. The maximum atomic E-state index is 10.7. The number of nitrogens with zero attached hydrogens (tertiary/aromatic N) is 2. The van der Waals surface area contributed by atoms with Gasteiger partial charge in [-0.15, -0.1) is 0 Å². The normalized spacial score (nSPS) is 28.5. The second-order valence-electron chi connectivity index (χ2n) is 5.39. The van der Waals surface area contributed by atoms with E-state index in [2.05, 4.69) is 16.5 Å². The van der Waals surface area contributed by atoms with Crippen molar-refractivity contribution in [3.63, 3.8) is 0 Å². The van der Waals surface area contributed by atoms with Gasteiger partial charge in [0.25, 0.3) is 0 Å². The smallest absolute Gasteiger partial charge is 0.111 e. The highest BCUT2D eigenvalue weighted by atomic mass is 16.5. The van der Waals surface area contributed by atoms with Gasteiger partial charge in [0.15, 0.2) is 0 Å². The molecule has 4 heteroatoms. The molecule has 18 heavy (non-hydrogen) atoms. The lowest BCUT2D eigenvalue weighted by atomic mass is 9.80. The molecule has 0 bridgehead atoms. The van der Waals surface area contributed by atoms with Gasteiger partial charge in [-0.2, -0.15) is 0 Å². The summed E-state index contributed by atoms with van der Waals surface area (Å²) in [5.74, 6) is 0.996. The van der Waals surface area contributed by atoms with E-state index in [4.69, 9.17) is 4.74 Å². The van der Waals surface area contributed by atoms with E-state index in [1.807, 2.05) is 12.4 Å². The van der Waals surface area contributed by atoms with E-state index < -0.39 is 5.60 Å². The molecule has 0 radical (unpaired) electrons. The highest BCUT2D eigenvalue weighted by molar-refractivity contribution is 5.01. The average Bonchev–Trinajstić information content (AvgIpc) is 2.76. The Morgan fingerprint density at radius 1 is 1.61 bits per heavy atom. The Hall–Kier alpha value is -0.870. The fourth-order valence-electron chi connectivity index (χ4n) is 2.89. The molecular weight excluding hydrogens is 228 g/mol. The summed E-state index contributed by atoms with van der Waals surface area (Å²) in [7, 11) is 1.73. The number of ether oxygens (including phenoxy) is 1. The Bertz CT molecular complexity index is 378. The van der Waals surface area contributed by atoms with Crippen molar-refractivity contribution >= 4 is 0 Å². The number of aromatic nitrogens is 2. The van der Waals surface area contributed by atoms with Crippen LogP contribution in [0.5, 0.6) is 0 Å². The number of aliphatic hydroxyl groups is 1. The molecule has 0 amide bonds. The van der Waals surface area contributed by atoms with Gasteiger partial charge in [0.05, 0.1) is 11.7 Å². The van der Waals surface area contributed by atoms with Gasteiger partial charge in [-0.1, -0.05) is 6.92 Å². The average molecular weight is 252 g/mol.